The van der Waals surface area contributed by atoms with Crippen molar-refractivity contribution in [1.82, 2.24) is 15.2 Å². The van der Waals surface area contributed by atoms with E-state index in [1.807, 2.05) is 17.5 Å². The van der Waals surface area contributed by atoms with Crippen LogP contribution >= 0.6 is 11.3 Å². The van der Waals surface area contributed by atoms with E-state index in [1.165, 1.54) is 6.20 Å². The van der Waals surface area contributed by atoms with E-state index < -0.39 is 5.69 Å². The van der Waals surface area contributed by atoms with Crippen molar-refractivity contribution in [2.45, 2.75) is 0 Å². The van der Waals surface area contributed by atoms with Gasteiger partial charge in [0.25, 0.3) is 0 Å². The zero-order valence-electron chi connectivity index (χ0n) is 6.02. The summed E-state index contributed by atoms with van der Waals surface area (Å²) in [5.41, 5.74) is 0.278. The topological polar surface area (TPSA) is 58.6 Å². The minimum Gasteiger partial charge on any atom is -0.244 e. The lowest BCUT2D eigenvalue weighted by atomic mass is 10.4. The Kier molecular flexibility index (Phi) is 1.71. The van der Waals surface area contributed by atoms with Crippen molar-refractivity contribution in [3.05, 3.63) is 34.2 Å². The third-order valence-corrected chi connectivity index (χ3v) is 2.24. The lowest BCUT2D eigenvalue weighted by molar-refractivity contribution is 0.922. The van der Waals surface area contributed by atoms with E-state index >= 15 is 0 Å². The minimum atomic E-state index is -0.421. The molecule has 0 saturated heterocycles. The van der Waals surface area contributed by atoms with Crippen LogP contribution in [0.2, 0.25) is 0 Å². The number of aromatic amines is 1. The molecule has 0 saturated carbocycles. The molecule has 0 unspecified atom stereocenters. The Labute approximate surface area is 71.9 Å². The van der Waals surface area contributed by atoms with E-state index in [-0.39, 0.29) is 0 Å². The molecule has 4 nitrogen and oxygen atoms in total. The van der Waals surface area contributed by atoms with Crippen LogP contribution in [0.5, 0.6) is 0 Å². The van der Waals surface area contributed by atoms with Crippen LogP contribution in [-0.4, -0.2) is 15.2 Å². The predicted molar refractivity (Wildman–Crippen MR) is 46.0 cm³/mol. The molecule has 1 N–H and O–H groups in total. The van der Waals surface area contributed by atoms with Gasteiger partial charge in [0, 0.05) is 0 Å². The maximum Gasteiger partial charge on any atom is 0.361 e. The predicted octanol–water partition coefficient (Wildman–Crippen LogP) is 0.893. The van der Waals surface area contributed by atoms with Crippen LogP contribution in [0.15, 0.2) is 28.5 Å². The maximum absolute atomic E-state index is 10.6. The van der Waals surface area contributed by atoms with Crippen molar-refractivity contribution in [3.63, 3.8) is 0 Å². The Morgan fingerprint density at radius 3 is 3.00 bits per heavy atom. The molecule has 0 aliphatic carbocycles. The van der Waals surface area contributed by atoms with Crippen molar-refractivity contribution in [3.8, 4) is 10.6 Å². The minimum absolute atomic E-state index is 0.421. The molecule has 0 bridgehead atoms. The van der Waals surface area contributed by atoms with Crippen LogP contribution in [0.4, 0.5) is 0 Å². The van der Waals surface area contributed by atoms with Gasteiger partial charge in [0.2, 0.25) is 0 Å². The van der Waals surface area contributed by atoms with E-state index in [0.717, 1.165) is 4.88 Å². The first-order chi connectivity index (χ1) is 5.86. The van der Waals surface area contributed by atoms with Crippen molar-refractivity contribution in [2.75, 3.05) is 0 Å². The first-order valence-electron chi connectivity index (χ1n) is 3.32. The van der Waals surface area contributed by atoms with Crippen LogP contribution < -0.4 is 5.69 Å². The highest BCUT2D eigenvalue weighted by Crippen LogP contribution is 2.19. The van der Waals surface area contributed by atoms with E-state index in [2.05, 4.69) is 15.2 Å². The van der Waals surface area contributed by atoms with Crippen molar-refractivity contribution >= 4 is 11.3 Å². The Morgan fingerprint density at radius 2 is 2.42 bits per heavy atom. The van der Waals surface area contributed by atoms with Gasteiger partial charge in [-0.3, -0.25) is 0 Å². The molecular formula is C7H5N3OS. The number of nitrogens with zero attached hydrogens (tertiary/aromatic N) is 2. The normalized spacial score (nSPS) is 10.0. The molecule has 2 aromatic rings. The summed E-state index contributed by atoms with van der Waals surface area (Å²) in [7, 11) is 0. The molecule has 12 heavy (non-hydrogen) atoms. The maximum atomic E-state index is 10.6. The molecule has 0 aromatic carbocycles. The van der Waals surface area contributed by atoms with Crippen molar-refractivity contribution < 1.29 is 0 Å². The third-order valence-electron chi connectivity index (χ3n) is 1.35. The van der Waals surface area contributed by atoms with Crippen molar-refractivity contribution in [1.29, 1.82) is 0 Å². The zero-order valence-corrected chi connectivity index (χ0v) is 6.84. The van der Waals surface area contributed by atoms with Crippen LogP contribution in [-0.2, 0) is 0 Å². The zero-order chi connectivity index (χ0) is 8.39. The Bertz CT molecular complexity index is 400. The van der Waals surface area contributed by atoms with Gasteiger partial charge in [-0.05, 0) is 11.4 Å². The van der Waals surface area contributed by atoms with E-state index in [9.17, 15) is 4.79 Å². The largest absolute Gasteiger partial charge is 0.361 e. The number of hydrogen-bond acceptors (Lipinski definition) is 4. The lowest BCUT2D eigenvalue weighted by Crippen LogP contribution is -2.10. The first kappa shape index (κ1) is 7.17. The van der Waals surface area contributed by atoms with Gasteiger partial charge < -0.3 is 0 Å². The highest BCUT2D eigenvalue weighted by atomic mass is 32.1. The first-order valence-corrected chi connectivity index (χ1v) is 4.20. The molecule has 2 aromatic heterocycles. The van der Waals surface area contributed by atoms with Crippen LogP contribution in [0.1, 0.15) is 0 Å². The van der Waals surface area contributed by atoms with Crippen LogP contribution in [0.25, 0.3) is 10.6 Å². The third kappa shape index (κ3) is 1.26. The molecule has 2 rings (SSSR count). The highest BCUT2D eigenvalue weighted by molar-refractivity contribution is 7.13. The lowest BCUT2D eigenvalue weighted by Gasteiger charge is -1.90. The number of nitrogens with one attached hydrogen (secondary N) is 1. The second kappa shape index (κ2) is 2.86. The number of rotatable bonds is 1. The second-order valence-electron chi connectivity index (χ2n) is 2.15. The SMILES string of the molecule is O=c1ncc(-c2cccs2)n[nH]1. The van der Waals surface area contributed by atoms with Crippen LogP contribution in [0.3, 0.4) is 0 Å². The van der Waals surface area contributed by atoms with E-state index in [0.29, 0.717) is 5.69 Å². The van der Waals surface area contributed by atoms with E-state index in [1.54, 1.807) is 11.3 Å². The summed E-state index contributed by atoms with van der Waals surface area (Å²) in [5.74, 6) is 0. The number of hydrogen-bond donors (Lipinski definition) is 1. The molecule has 0 atom stereocenters. The molecular weight excluding hydrogens is 174 g/mol. The quantitative estimate of drug-likeness (QED) is 0.707. The Morgan fingerprint density at radius 1 is 1.50 bits per heavy atom. The van der Waals surface area contributed by atoms with Gasteiger partial charge in [0.05, 0.1) is 11.1 Å². The number of aromatic nitrogens is 3. The molecule has 0 amide bonds. The standard InChI is InChI=1S/C7H5N3OS/c11-7-8-4-5(9-10-7)6-2-1-3-12-6/h1-4H,(H,8,10,11). The number of thiophene rings is 1. The Balaban J connectivity index is 2.49. The average Bonchev–Trinajstić information content (AvgIpc) is 2.58. The molecule has 0 spiro atoms. The summed E-state index contributed by atoms with van der Waals surface area (Å²) in [4.78, 5) is 15.1. The van der Waals surface area contributed by atoms with Gasteiger partial charge in [-0.2, -0.15) is 10.1 Å². The van der Waals surface area contributed by atoms with Crippen LogP contribution in [0, 0.1) is 0 Å². The molecule has 2 heterocycles. The summed E-state index contributed by atoms with van der Waals surface area (Å²) >= 11 is 1.56. The molecule has 60 valence electrons. The Hall–Kier alpha value is -1.49. The second-order valence-corrected chi connectivity index (χ2v) is 3.10. The fraction of sp³-hybridized carbons (Fsp3) is 0. The monoisotopic (exact) mass is 179 g/mol. The van der Waals surface area contributed by atoms with Gasteiger partial charge in [0.15, 0.2) is 0 Å². The van der Waals surface area contributed by atoms with Crippen molar-refractivity contribution in [2.24, 2.45) is 0 Å². The summed E-state index contributed by atoms with van der Waals surface area (Å²) in [5, 5.41) is 8.06. The van der Waals surface area contributed by atoms with E-state index in [4.69, 9.17) is 0 Å². The molecule has 5 heteroatoms. The molecule has 0 radical (unpaired) electrons. The summed E-state index contributed by atoms with van der Waals surface area (Å²) in [6, 6.07) is 3.85. The molecule has 0 aliphatic heterocycles. The molecule has 0 fully saturated rings. The summed E-state index contributed by atoms with van der Waals surface area (Å²) in [6.45, 7) is 0. The highest BCUT2D eigenvalue weighted by Gasteiger charge is 1.99. The fourth-order valence-corrected chi connectivity index (χ4v) is 1.51. The molecule has 0 aliphatic rings. The van der Waals surface area contributed by atoms with Gasteiger partial charge in [-0.1, -0.05) is 6.07 Å². The smallest absolute Gasteiger partial charge is 0.244 e. The summed E-state index contributed by atoms with van der Waals surface area (Å²) < 4.78 is 0. The average molecular weight is 179 g/mol. The number of H-pyrrole nitrogens is 1. The fourth-order valence-electron chi connectivity index (χ4n) is 0.829. The van der Waals surface area contributed by atoms with Gasteiger partial charge in [-0.15, -0.1) is 11.3 Å². The van der Waals surface area contributed by atoms with Gasteiger partial charge in [-0.25, -0.2) is 9.89 Å². The van der Waals surface area contributed by atoms with Gasteiger partial charge >= 0.3 is 5.69 Å². The summed E-state index contributed by atoms with van der Waals surface area (Å²) in [6.07, 6.45) is 1.46. The van der Waals surface area contributed by atoms with Gasteiger partial charge in [0.1, 0.15) is 5.69 Å².